The molecule has 4 aromatic heterocycles. The maximum absolute atomic E-state index is 13.9. The molecule has 4 aliphatic rings. The number of carbonyl (C=O) groups excluding carboxylic acids is 2. The summed E-state index contributed by atoms with van der Waals surface area (Å²) in [5.74, 6) is -0.869. The highest BCUT2D eigenvalue weighted by Crippen LogP contribution is 2.43. The second kappa shape index (κ2) is 19.8. The number of hydrogen-bond donors (Lipinski definition) is 2. The van der Waals surface area contributed by atoms with Crippen LogP contribution in [0.2, 0.25) is 0 Å². The second-order valence-corrected chi connectivity index (χ2v) is 21.5. The number of aromatic nitrogens is 2. The van der Waals surface area contributed by atoms with Crippen LogP contribution < -0.4 is 5.46 Å². The molecular weight excluding hydrogens is 899 g/mol. The molecule has 0 radical (unpaired) electrons. The number of nitrogens with zero attached hydrogens (tertiary/aromatic N) is 2. The quantitative estimate of drug-likeness (QED) is 0.117. The standard InChI is InChI=1S/C16H17BFNO3S.C16H15BrFNOS.C12H24B2O4/c18-12-8-11(17(21)22)9-19-13(12)5-6-14(20)16-7-10-3-1-2-4-15(10)23-16;17-11-8-12(18)13(19-9-11)5-6-14(20)16-7-10-3-1-2-4-15(10)21-16;1-9(2)10(3,4)16-13(15-9)14-17-11(5,6)12(7,8)18-14/h7-9,21-22H,1-6H2;7-9H,1-6H2;1-8H3. The number of thiophene rings is 2. The highest BCUT2D eigenvalue weighted by molar-refractivity contribution is 9.10. The van der Waals surface area contributed by atoms with E-state index in [0.717, 1.165) is 41.5 Å². The maximum atomic E-state index is 13.9. The third-order valence-corrected chi connectivity index (χ3v) is 15.6. The minimum Gasteiger partial charge on any atom is -0.423 e. The molecule has 2 fully saturated rings. The van der Waals surface area contributed by atoms with Gasteiger partial charge in [0.15, 0.2) is 11.6 Å². The number of halogens is 3. The van der Waals surface area contributed by atoms with E-state index in [2.05, 4.69) is 25.9 Å². The van der Waals surface area contributed by atoms with Gasteiger partial charge in [0.05, 0.1) is 43.5 Å². The zero-order chi connectivity index (χ0) is 45.2. The summed E-state index contributed by atoms with van der Waals surface area (Å²) < 4.78 is 52.0. The fourth-order valence-electron chi connectivity index (χ4n) is 7.40. The monoisotopic (exact) mass is 954 g/mol. The molecule has 6 heterocycles. The first-order valence-corrected chi connectivity index (χ1v) is 23.8. The van der Waals surface area contributed by atoms with Crippen LogP contribution >= 0.6 is 38.6 Å². The first-order valence-electron chi connectivity index (χ1n) is 21.4. The number of aryl methyl sites for hydroxylation is 6. The van der Waals surface area contributed by atoms with Gasteiger partial charge in [0, 0.05) is 44.9 Å². The molecule has 0 unspecified atom stereocenters. The average Bonchev–Trinajstić information content (AvgIpc) is 3.94. The van der Waals surface area contributed by atoms with E-state index in [1.165, 1.54) is 58.8 Å². The molecule has 0 spiro atoms. The normalized spacial score (nSPS) is 19.1. The molecule has 0 amide bonds. The molecule has 4 aromatic rings. The van der Waals surface area contributed by atoms with Gasteiger partial charge in [-0.25, -0.2) is 8.78 Å². The van der Waals surface area contributed by atoms with Gasteiger partial charge < -0.3 is 28.7 Å². The second-order valence-electron chi connectivity index (χ2n) is 18.3. The summed E-state index contributed by atoms with van der Waals surface area (Å²) in [6.45, 7) is 16.2. The zero-order valence-electron chi connectivity index (χ0n) is 36.9. The van der Waals surface area contributed by atoms with Crippen LogP contribution in [0.4, 0.5) is 8.78 Å². The van der Waals surface area contributed by atoms with Crippen LogP contribution in [-0.2, 0) is 57.1 Å². The molecule has 2 saturated heterocycles. The predicted molar refractivity (Wildman–Crippen MR) is 245 cm³/mol. The van der Waals surface area contributed by atoms with Crippen molar-refractivity contribution < 1.29 is 47.0 Å². The van der Waals surface area contributed by atoms with Crippen molar-refractivity contribution in [2.75, 3.05) is 0 Å². The summed E-state index contributed by atoms with van der Waals surface area (Å²) in [6.07, 6.45) is 12.9. The number of pyridine rings is 2. The minimum atomic E-state index is -1.75. The Morgan fingerprint density at radius 1 is 0.661 bits per heavy atom. The third-order valence-electron chi connectivity index (χ3n) is 12.6. The van der Waals surface area contributed by atoms with Crippen LogP contribution in [0.1, 0.15) is 146 Å². The Labute approximate surface area is 381 Å². The van der Waals surface area contributed by atoms with E-state index in [1.54, 1.807) is 28.9 Å². The average molecular weight is 955 g/mol. The van der Waals surface area contributed by atoms with Crippen LogP contribution in [0.3, 0.4) is 0 Å². The van der Waals surface area contributed by atoms with Crippen molar-refractivity contribution in [2.24, 2.45) is 0 Å². The van der Waals surface area contributed by atoms with Crippen LogP contribution in [-0.4, -0.2) is 75.1 Å². The molecule has 2 N–H and O–H groups in total. The largest absolute Gasteiger partial charge is 0.490 e. The molecule has 2 aliphatic carbocycles. The first-order chi connectivity index (χ1) is 29.1. The van der Waals surface area contributed by atoms with Crippen molar-refractivity contribution in [3.8, 4) is 0 Å². The molecule has 0 aromatic carbocycles. The van der Waals surface area contributed by atoms with Crippen molar-refractivity contribution in [3.63, 3.8) is 0 Å². The van der Waals surface area contributed by atoms with Crippen molar-refractivity contribution in [3.05, 3.63) is 94.8 Å². The Morgan fingerprint density at radius 3 is 1.42 bits per heavy atom. The number of Topliss-reactive ketones (excluding diaryl/α,β-unsaturated/α-hetero) is 2. The SMILES string of the molecule is CC1(C)OB(B2OC(C)(C)C(C)(C)O2)OC1(C)C.O=C(CCc1ncc(B(O)O)cc1F)c1cc2c(s1)CCCC2.O=C(CCc1ncc(Br)cc1F)c1cc2c(s1)CCCC2. The van der Waals surface area contributed by atoms with Gasteiger partial charge in [-0.3, -0.25) is 19.6 Å². The Morgan fingerprint density at radius 2 is 1.05 bits per heavy atom. The van der Waals surface area contributed by atoms with E-state index in [-0.39, 0.29) is 63.8 Å². The molecule has 332 valence electrons. The lowest BCUT2D eigenvalue weighted by molar-refractivity contribution is 0.00578. The van der Waals surface area contributed by atoms with Crippen LogP contribution in [0.5, 0.6) is 0 Å². The first kappa shape index (κ1) is 48.8. The lowest BCUT2D eigenvalue weighted by atomic mass is 9.49. The van der Waals surface area contributed by atoms with Gasteiger partial charge in [0.2, 0.25) is 0 Å². The molecule has 0 atom stereocenters. The Bertz CT molecular complexity index is 2140. The van der Waals surface area contributed by atoms with E-state index in [1.807, 2.05) is 67.5 Å². The number of rotatable bonds is 10. The van der Waals surface area contributed by atoms with E-state index < -0.39 is 27.0 Å². The summed E-state index contributed by atoms with van der Waals surface area (Å²) in [6, 6.07) is 6.45. The minimum absolute atomic E-state index is 0.00325. The van der Waals surface area contributed by atoms with Gasteiger partial charge in [0.25, 0.3) is 0 Å². The highest BCUT2D eigenvalue weighted by Gasteiger charge is 2.63. The van der Waals surface area contributed by atoms with Gasteiger partial charge in [-0.1, -0.05) is 0 Å². The number of hydrogen-bond acceptors (Lipinski definition) is 12. The third kappa shape index (κ3) is 11.6. The summed E-state index contributed by atoms with van der Waals surface area (Å²) in [5, 5.41) is 18.0. The Kier molecular flexibility index (Phi) is 15.6. The maximum Gasteiger partial charge on any atom is 0.490 e. The van der Waals surface area contributed by atoms with E-state index in [0.29, 0.717) is 23.0 Å². The smallest absolute Gasteiger partial charge is 0.423 e. The molecule has 0 bridgehead atoms. The number of ketones is 2. The van der Waals surface area contributed by atoms with Crippen molar-refractivity contribution >= 4 is 76.8 Å². The molecule has 10 nitrogen and oxygen atoms in total. The lowest BCUT2D eigenvalue weighted by Crippen LogP contribution is -2.41. The van der Waals surface area contributed by atoms with Gasteiger partial charge in [-0.05, 0) is 171 Å². The number of carbonyl (C=O) groups is 2. The van der Waals surface area contributed by atoms with Gasteiger partial charge in [-0.15, -0.1) is 22.7 Å². The molecule has 0 saturated carbocycles. The summed E-state index contributed by atoms with van der Waals surface area (Å²) in [7, 11) is -2.70. The predicted octanol–water partition coefficient (Wildman–Crippen LogP) is 8.64. The van der Waals surface area contributed by atoms with Gasteiger partial charge in [0.1, 0.15) is 11.6 Å². The Balaban J connectivity index is 0.000000156. The van der Waals surface area contributed by atoms with E-state index >= 15 is 0 Å². The summed E-state index contributed by atoms with van der Waals surface area (Å²) in [4.78, 5) is 36.7. The molecule has 8 rings (SSSR count). The molecular formula is C44H56B3BrF2N2O8S2. The van der Waals surface area contributed by atoms with Crippen molar-refractivity contribution in [1.29, 1.82) is 0 Å². The van der Waals surface area contributed by atoms with E-state index in [4.69, 9.17) is 28.7 Å². The van der Waals surface area contributed by atoms with Gasteiger partial charge >= 0.3 is 21.1 Å². The van der Waals surface area contributed by atoms with Crippen LogP contribution in [0.25, 0.3) is 0 Å². The van der Waals surface area contributed by atoms with Crippen LogP contribution in [0.15, 0.2) is 41.1 Å². The molecule has 62 heavy (non-hydrogen) atoms. The fraction of sp³-hybridized carbons (Fsp3) is 0.545. The highest BCUT2D eigenvalue weighted by atomic mass is 79.9. The Hall–Kier alpha value is -2.67. The number of fused-ring (bicyclic) bond motifs is 2. The topological polar surface area (TPSA) is 137 Å². The summed E-state index contributed by atoms with van der Waals surface area (Å²) >= 11 is 6.35. The van der Waals surface area contributed by atoms with Crippen molar-refractivity contribution in [1.82, 2.24) is 9.97 Å². The molecule has 2 aliphatic heterocycles. The van der Waals surface area contributed by atoms with Gasteiger partial charge in [-0.2, -0.15) is 0 Å². The van der Waals surface area contributed by atoms with Crippen LogP contribution in [0, 0.1) is 11.6 Å². The summed E-state index contributed by atoms with van der Waals surface area (Å²) in [5.41, 5.74) is 1.71. The van der Waals surface area contributed by atoms with Crippen molar-refractivity contribution in [2.45, 2.75) is 155 Å². The molecule has 18 heteroatoms. The fourth-order valence-corrected chi connectivity index (χ4v) is 10.1. The van der Waals surface area contributed by atoms with E-state index in [9.17, 15) is 18.4 Å². The lowest BCUT2D eigenvalue weighted by Gasteiger charge is -2.32. The zero-order valence-corrected chi connectivity index (χ0v) is 40.1.